The Kier molecular flexibility index (Phi) is 5.88. The lowest BCUT2D eigenvalue weighted by Crippen LogP contribution is -2.27. The van der Waals surface area contributed by atoms with Crippen molar-refractivity contribution in [1.29, 1.82) is 0 Å². The Balaban J connectivity index is 1.68. The lowest BCUT2D eigenvalue weighted by molar-refractivity contribution is -0.142. The van der Waals surface area contributed by atoms with Gasteiger partial charge in [-0.2, -0.15) is 23.4 Å². The minimum absolute atomic E-state index is 0.00547. The third kappa shape index (κ3) is 4.26. The maximum absolute atomic E-state index is 13.2. The zero-order chi connectivity index (χ0) is 20.6. The predicted octanol–water partition coefficient (Wildman–Crippen LogP) is 4.12. The van der Waals surface area contributed by atoms with Crippen molar-refractivity contribution in [2.24, 2.45) is 0 Å². The van der Waals surface area contributed by atoms with E-state index >= 15 is 0 Å². The second-order valence-corrected chi connectivity index (χ2v) is 7.91. The summed E-state index contributed by atoms with van der Waals surface area (Å²) in [6, 6.07) is 0. The molecule has 0 unspecified atom stereocenters. The van der Waals surface area contributed by atoms with E-state index in [0.29, 0.717) is 12.2 Å². The molecule has 0 N–H and O–H groups in total. The molecule has 1 aliphatic rings. The number of halogens is 4. The minimum atomic E-state index is -4.52. The van der Waals surface area contributed by atoms with Gasteiger partial charge in [-0.15, -0.1) is 0 Å². The molecule has 0 aliphatic heterocycles. The van der Waals surface area contributed by atoms with E-state index < -0.39 is 11.9 Å². The van der Waals surface area contributed by atoms with Crippen LogP contribution in [-0.2, 0) is 30.6 Å². The second-order valence-electron chi connectivity index (χ2n) is 7.11. The quantitative estimate of drug-likeness (QED) is 0.623. The third-order valence-electron chi connectivity index (χ3n) is 5.04. The Hall–Kier alpha value is -1.84. The summed E-state index contributed by atoms with van der Waals surface area (Å²) in [6.07, 6.45) is -1.01. The van der Waals surface area contributed by atoms with Crippen molar-refractivity contribution in [3.05, 3.63) is 33.3 Å². The van der Waals surface area contributed by atoms with Gasteiger partial charge in [0.15, 0.2) is 5.69 Å². The molecule has 1 fully saturated rings. The van der Waals surface area contributed by atoms with Gasteiger partial charge >= 0.3 is 6.18 Å². The molecular weight excluding hydrogens is 439 g/mol. The van der Waals surface area contributed by atoms with Crippen LogP contribution in [0.2, 0.25) is 0 Å². The molecule has 2 aromatic rings. The SMILES string of the molecule is CCn1ncc(CN(C)C(=O)CCn2nc(C(F)(F)F)c(Br)c2C2CC2)c1C. The number of aryl methyl sites for hydroxylation is 2. The summed E-state index contributed by atoms with van der Waals surface area (Å²) >= 11 is 3.07. The number of carbonyl (C=O) groups excluding carboxylic acids is 1. The molecule has 1 aliphatic carbocycles. The van der Waals surface area contributed by atoms with E-state index in [4.69, 9.17) is 0 Å². The van der Waals surface area contributed by atoms with E-state index in [1.54, 1.807) is 18.1 Å². The van der Waals surface area contributed by atoms with E-state index in [1.165, 1.54) is 4.68 Å². The van der Waals surface area contributed by atoms with Crippen LogP contribution in [0.3, 0.4) is 0 Å². The van der Waals surface area contributed by atoms with E-state index in [-0.39, 0.29) is 29.3 Å². The Bertz CT molecular complexity index is 869. The Morgan fingerprint density at radius 3 is 2.57 bits per heavy atom. The average Bonchev–Trinajstić information content (AvgIpc) is 3.32. The Morgan fingerprint density at radius 1 is 1.36 bits per heavy atom. The molecule has 1 saturated carbocycles. The van der Waals surface area contributed by atoms with Crippen LogP contribution >= 0.6 is 15.9 Å². The molecule has 1 amide bonds. The molecule has 0 bridgehead atoms. The van der Waals surface area contributed by atoms with Crippen molar-refractivity contribution in [1.82, 2.24) is 24.5 Å². The van der Waals surface area contributed by atoms with Crippen LogP contribution in [-0.4, -0.2) is 37.4 Å². The van der Waals surface area contributed by atoms with E-state index in [0.717, 1.165) is 30.6 Å². The van der Waals surface area contributed by atoms with Gasteiger partial charge in [0.1, 0.15) is 0 Å². The third-order valence-corrected chi connectivity index (χ3v) is 5.82. The van der Waals surface area contributed by atoms with Crippen molar-refractivity contribution in [3.8, 4) is 0 Å². The highest BCUT2D eigenvalue weighted by atomic mass is 79.9. The molecular formula is C18H23BrF3N5O. The summed E-state index contributed by atoms with van der Waals surface area (Å²) in [6.45, 7) is 5.23. The van der Waals surface area contributed by atoms with Crippen LogP contribution in [0.5, 0.6) is 0 Å². The lowest BCUT2D eigenvalue weighted by Gasteiger charge is -2.17. The van der Waals surface area contributed by atoms with E-state index in [1.807, 2.05) is 18.5 Å². The largest absolute Gasteiger partial charge is 0.436 e. The fraction of sp³-hybridized carbons (Fsp3) is 0.611. The lowest BCUT2D eigenvalue weighted by atomic mass is 10.2. The zero-order valence-corrected chi connectivity index (χ0v) is 17.6. The zero-order valence-electron chi connectivity index (χ0n) is 16.1. The molecule has 3 rings (SSSR count). The summed E-state index contributed by atoms with van der Waals surface area (Å²) in [4.78, 5) is 14.1. The summed E-state index contributed by atoms with van der Waals surface area (Å²) in [5, 5.41) is 8.01. The second kappa shape index (κ2) is 7.88. The van der Waals surface area contributed by atoms with Crippen molar-refractivity contribution < 1.29 is 18.0 Å². The number of hydrogen-bond acceptors (Lipinski definition) is 3. The van der Waals surface area contributed by atoms with Crippen LogP contribution in [0.15, 0.2) is 10.7 Å². The number of alkyl halides is 3. The first-order valence-electron chi connectivity index (χ1n) is 9.22. The predicted molar refractivity (Wildman–Crippen MR) is 101 cm³/mol. The van der Waals surface area contributed by atoms with Gasteiger partial charge in [-0.05, 0) is 42.6 Å². The number of amides is 1. The first-order valence-corrected chi connectivity index (χ1v) is 10.0. The molecule has 154 valence electrons. The molecule has 10 heteroatoms. The first kappa shape index (κ1) is 20.9. The van der Waals surface area contributed by atoms with Gasteiger partial charge in [0.25, 0.3) is 0 Å². The molecule has 0 atom stereocenters. The van der Waals surface area contributed by atoms with Gasteiger partial charge in [-0.3, -0.25) is 14.2 Å². The van der Waals surface area contributed by atoms with Crippen LogP contribution < -0.4 is 0 Å². The van der Waals surface area contributed by atoms with Gasteiger partial charge in [0.2, 0.25) is 5.91 Å². The highest BCUT2D eigenvalue weighted by molar-refractivity contribution is 9.10. The molecule has 0 radical (unpaired) electrons. The number of hydrogen-bond donors (Lipinski definition) is 0. The minimum Gasteiger partial charge on any atom is -0.341 e. The monoisotopic (exact) mass is 461 g/mol. The van der Waals surface area contributed by atoms with Crippen LogP contribution in [0.1, 0.15) is 54.7 Å². The van der Waals surface area contributed by atoms with Gasteiger partial charge < -0.3 is 4.90 Å². The van der Waals surface area contributed by atoms with Crippen molar-refractivity contribution >= 4 is 21.8 Å². The van der Waals surface area contributed by atoms with E-state index in [9.17, 15) is 18.0 Å². The summed E-state index contributed by atoms with van der Waals surface area (Å²) in [5.74, 6) is -0.0704. The van der Waals surface area contributed by atoms with Crippen LogP contribution in [0.25, 0.3) is 0 Å². The van der Waals surface area contributed by atoms with Gasteiger partial charge in [-0.25, -0.2) is 0 Å². The maximum Gasteiger partial charge on any atom is 0.436 e. The number of rotatable bonds is 7. The molecule has 0 spiro atoms. The Morgan fingerprint density at radius 2 is 2.04 bits per heavy atom. The van der Waals surface area contributed by atoms with Crippen LogP contribution in [0.4, 0.5) is 13.2 Å². The smallest absolute Gasteiger partial charge is 0.341 e. The summed E-state index contributed by atoms with van der Waals surface area (Å²) < 4.78 is 42.7. The van der Waals surface area contributed by atoms with Crippen molar-refractivity contribution in [2.75, 3.05) is 7.05 Å². The van der Waals surface area contributed by atoms with Crippen LogP contribution in [0, 0.1) is 6.92 Å². The molecule has 2 aromatic heterocycles. The maximum atomic E-state index is 13.2. The number of nitrogens with zero attached hydrogens (tertiary/aromatic N) is 5. The average molecular weight is 462 g/mol. The molecule has 6 nitrogen and oxygen atoms in total. The molecule has 0 saturated heterocycles. The molecule has 0 aromatic carbocycles. The molecule has 2 heterocycles. The Labute approximate surface area is 169 Å². The van der Waals surface area contributed by atoms with Crippen molar-refractivity contribution in [3.63, 3.8) is 0 Å². The normalized spacial score (nSPS) is 14.5. The standard InChI is InChI=1S/C18H23BrF3N5O/c1-4-26-11(2)13(9-23-26)10-25(3)14(28)7-8-27-16(12-5-6-12)15(19)17(24-27)18(20,21)22/h9,12H,4-8,10H2,1-3H3. The topological polar surface area (TPSA) is 56.0 Å². The van der Waals surface area contributed by atoms with Gasteiger partial charge in [0.05, 0.1) is 22.9 Å². The van der Waals surface area contributed by atoms with Gasteiger partial charge in [0, 0.05) is 43.7 Å². The first-order chi connectivity index (χ1) is 13.1. The summed E-state index contributed by atoms with van der Waals surface area (Å²) in [7, 11) is 1.69. The highest BCUT2D eigenvalue weighted by Gasteiger charge is 2.41. The highest BCUT2D eigenvalue weighted by Crippen LogP contribution is 2.47. The molecule has 28 heavy (non-hydrogen) atoms. The fourth-order valence-electron chi connectivity index (χ4n) is 3.25. The number of aromatic nitrogens is 4. The summed E-state index contributed by atoms with van der Waals surface area (Å²) in [5.41, 5.74) is 1.59. The number of carbonyl (C=O) groups is 1. The van der Waals surface area contributed by atoms with Gasteiger partial charge in [-0.1, -0.05) is 0 Å². The van der Waals surface area contributed by atoms with E-state index in [2.05, 4.69) is 26.1 Å². The fourth-order valence-corrected chi connectivity index (χ4v) is 4.08. The van der Waals surface area contributed by atoms with Crippen molar-refractivity contribution in [2.45, 2.75) is 64.8 Å².